The van der Waals surface area contributed by atoms with Crippen LogP contribution in [0.2, 0.25) is 0 Å². The van der Waals surface area contributed by atoms with E-state index in [0.717, 1.165) is 39.0 Å². The summed E-state index contributed by atoms with van der Waals surface area (Å²) < 4.78 is 0. The lowest BCUT2D eigenvalue weighted by molar-refractivity contribution is 1.25. The lowest BCUT2D eigenvalue weighted by Gasteiger charge is -2.03. The van der Waals surface area contributed by atoms with Crippen LogP contribution in [0, 0.1) is 13.8 Å². The van der Waals surface area contributed by atoms with Crippen LogP contribution in [-0.2, 0) is 0 Å². The first-order chi connectivity index (χ1) is 10.1. The van der Waals surface area contributed by atoms with Crippen molar-refractivity contribution in [1.82, 2.24) is 15.0 Å². The fraction of sp³-hybridized carbons (Fsp3) is 0.118. The van der Waals surface area contributed by atoms with Crippen LogP contribution >= 0.6 is 0 Å². The number of aromatic amines is 2. The van der Waals surface area contributed by atoms with E-state index in [4.69, 9.17) is 5.73 Å². The molecule has 0 unspecified atom stereocenters. The van der Waals surface area contributed by atoms with E-state index in [9.17, 15) is 0 Å². The van der Waals surface area contributed by atoms with E-state index >= 15 is 0 Å². The molecular weight excluding hydrogens is 260 g/mol. The van der Waals surface area contributed by atoms with Gasteiger partial charge in [-0.15, -0.1) is 0 Å². The van der Waals surface area contributed by atoms with Crippen molar-refractivity contribution >= 4 is 22.3 Å². The van der Waals surface area contributed by atoms with Gasteiger partial charge in [-0.2, -0.15) is 0 Å². The smallest absolute Gasteiger partial charge is 0.137 e. The number of hydrogen-bond acceptors (Lipinski definition) is 2. The maximum Gasteiger partial charge on any atom is 0.137 e. The van der Waals surface area contributed by atoms with Crippen LogP contribution in [0.1, 0.15) is 22.4 Å². The Labute approximate surface area is 123 Å². The van der Waals surface area contributed by atoms with E-state index in [0.29, 0.717) is 5.70 Å². The SMILES string of the molecule is C=C(/C=C(/N)c1cc[nH]c1C)c1c[nH]c2ncc(C)cc12. The van der Waals surface area contributed by atoms with Gasteiger partial charge in [0.1, 0.15) is 5.65 Å². The van der Waals surface area contributed by atoms with E-state index in [1.54, 1.807) is 0 Å². The molecule has 0 aliphatic heterocycles. The van der Waals surface area contributed by atoms with Crippen molar-refractivity contribution in [2.75, 3.05) is 0 Å². The van der Waals surface area contributed by atoms with Gasteiger partial charge in [-0.1, -0.05) is 6.58 Å². The van der Waals surface area contributed by atoms with Gasteiger partial charge in [0.05, 0.1) is 0 Å². The molecule has 21 heavy (non-hydrogen) atoms. The molecule has 4 N–H and O–H groups in total. The predicted molar refractivity (Wildman–Crippen MR) is 87.6 cm³/mol. The summed E-state index contributed by atoms with van der Waals surface area (Å²) in [4.78, 5) is 10.7. The first kappa shape index (κ1) is 13.2. The van der Waals surface area contributed by atoms with Crippen molar-refractivity contribution < 1.29 is 0 Å². The van der Waals surface area contributed by atoms with Gasteiger partial charge < -0.3 is 15.7 Å². The Bertz CT molecular complexity index is 849. The molecule has 0 saturated carbocycles. The number of aryl methyl sites for hydroxylation is 2. The Morgan fingerprint density at radius 1 is 1.29 bits per heavy atom. The van der Waals surface area contributed by atoms with Crippen LogP contribution in [0.3, 0.4) is 0 Å². The van der Waals surface area contributed by atoms with Crippen molar-refractivity contribution in [3.05, 3.63) is 65.8 Å². The van der Waals surface area contributed by atoms with Gasteiger partial charge in [0, 0.05) is 46.5 Å². The quantitative estimate of drug-likeness (QED) is 0.641. The Morgan fingerprint density at radius 2 is 2.10 bits per heavy atom. The third-order valence-corrected chi connectivity index (χ3v) is 3.61. The molecule has 3 heterocycles. The van der Waals surface area contributed by atoms with Crippen molar-refractivity contribution in [3.63, 3.8) is 0 Å². The van der Waals surface area contributed by atoms with Crippen LogP contribution in [0.25, 0.3) is 22.3 Å². The van der Waals surface area contributed by atoms with Crippen LogP contribution in [-0.4, -0.2) is 15.0 Å². The number of rotatable bonds is 3. The fourth-order valence-electron chi connectivity index (χ4n) is 2.48. The molecule has 0 fully saturated rings. The van der Waals surface area contributed by atoms with Gasteiger partial charge in [0.2, 0.25) is 0 Å². The molecule has 4 heteroatoms. The van der Waals surface area contributed by atoms with E-state index < -0.39 is 0 Å². The number of allylic oxidation sites excluding steroid dienone is 2. The summed E-state index contributed by atoms with van der Waals surface area (Å²) in [6.07, 6.45) is 7.56. The zero-order valence-corrected chi connectivity index (χ0v) is 12.2. The van der Waals surface area contributed by atoms with Crippen molar-refractivity contribution in [1.29, 1.82) is 0 Å². The molecule has 0 amide bonds. The summed E-state index contributed by atoms with van der Waals surface area (Å²) in [7, 11) is 0. The molecule has 0 radical (unpaired) electrons. The minimum absolute atomic E-state index is 0.703. The number of aromatic nitrogens is 3. The van der Waals surface area contributed by atoms with Crippen molar-refractivity contribution in [2.24, 2.45) is 5.73 Å². The lowest BCUT2D eigenvalue weighted by atomic mass is 10.0. The van der Waals surface area contributed by atoms with E-state index in [-0.39, 0.29) is 0 Å². The van der Waals surface area contributed by atoms with Gasteiger partial charge in [0.25, 0.3) is 0 Å². The molecule has 3 rings (SSSR count). The average molecular weight is 278 g/mol. The van der Waals surface area contributed by atoms with Crippen LogP contribution in [0.15, 0.2) is 43.4 Å². The van der Waals surface area contributed by atoms with Crippen molar-refractivity contribution in [3.8, 4) is 0 Å². The summed E-state index contributed by atoms with van der Waals surface area (Å²) in [5.74, 6) is 0. The maximum atomic E-state index is 6.18. The van der Waals surface area contributed by atoms with E-state index in [1.807, 2.05) is 44.6 Å². The largest absolute Gasteiger partial charge is 0.398 e. The molecule has 106 valence electrons. The summed E-state index contributed by atoms with van der Waals surface area (Å²) in [6, 6.07) is 4.07. The van der Waals surface area contributed by atoms with Gasteiger partial charge in [-0.3, -0.25) is 0 Å². The molecule has 0 atom stereocenters. The third-order valence-electron chi connectivity index (χ3n) is 3.61. The van der Waals surface area contributed by atoms with E-state index in [1.165, 1.54) is 0 Å². The first-order valence-electron chi connectivity index (χ1n) is 6.81. The monoisotopic (exact) mass is 278 g/mol. The van der Waals surface area contributed by atoms with Gasteiger partial charge in [0.15, 0.2) is 0 Å². The summed E-state index contributed by atoms with van der Waals surface area (Å²) >= 11 is 0. The highest BCUT2D eigenvalue weighted by Crippen LogP contribution is 2.26. The Morgan fingerprint density at radius 3 is 2.81 bits per heavy atom. The Balaban J connectivity index is 2.01. The minimum atomic E-state index is 0.703. The topological polar surface area (TPSA) is 70.5 Å². The van der Waals surface area contributed by atoms with Crippen LogP contribution < -0.4 is 5.73 Å². The third kappa shape index (κ3) is 2.36. The number of H-pyrrole nitrogens is 2. The Hall–Kier alpha value is -2.75. The molecule has 0 spiro atoms. The zero-order chi connectivity index (χ0) is 15.0. The molecular formula is C17H18N4. The van der Waals surface area contributed by atoms with Gasteiger partial charge in [-0.25, -0.2) is 4.98 Å². The normalized spacial score (nSPS) is 12.0. The molecule has 4 nitrogen and oxygen atoms in total. The second kappa shape index (κ2) is 4.98. The highest BCUT2D eigenvalue weighted by molar-refractivity contribution is 5.95. The molecule has 0 aliphatic carbocycles. The highest BCUT2D eigenvalue weighted by atomic mass is 14.8. The highest BCUT2D eigenvalue weighted by Gasteiger charge is 2.08. The van der Waals surface area contributed by atoms with Crippen LogP contribution in [0.5, 0.6) is 0 Å². The van der Waals surface area contributed by atoms with Gasteiger partial charge in [-0.05, 0) is 43.2 Å². The van der Waals surface area contributed by atoms with Crippen molar-refractivity contribution in [2.45, 2.75) is 13.8 Å². The van der Waals surface area contributed by atoms with Crippen LogP contribution in [0.4, 0.5) is 0 Å². The minimum Gasteiger partial charge on any atom is -0.398 e. The molecule has 0 aliphatic rings. The number of fused-ring (bicyclic) bond motifs is 1. The summed E-state index contributed by atoms with van der Waals surface area (Å²) in [5, 5.41) is 1.06. The molecule has 0 saturated heterocycles. The molecule has 0 bridgehead atoms. The molecule has 0 aromatic carbocycles. The summed E-state index contributed by atoms with van der Waals surface area (Å²) in [6.45, 7) is 8.17. The van der Waals surface area contributed by atoms with E-state index in [2.05, 4.69) is 27.6 Å². The maximum absolute atomic E-state index is 6.18. The lowest BCUT2D eigenvalue weighted by Crippen LogP contribution is -1.97. The number of pyridine rings is 1. The molecule has 3 aromatic heterocycles. The fourth-order valence-corrected chi connectivity index (χ4v) is 2.48. The van der Waals surface area contributed by atoms with Gasteiger partial charge >= 0.3 is 0 Å². The zero-order valence-electron chi connectivity index (χ0n) is 12.2. The number of nitrogens with one attached hydrogen (secondary N) is 2. The average Bonchev–Trinajstić information content (AvgIpc) is 3.04. The molecule has 3 aromatic rings. The predicted octanol–water partition coefficient (Wildman–Crippen LogP) is 3.52. The number of nitrogens with zero attached hydrogens (tertiary/aromatic N) is 1. The second-order valence-electron chi connectivity index (χ2n) is 5.25. The number of nitrogens with two attached hydrogens (primary N) is 1. The standard InChI is InChI=1S/C17H18N4/c1-10-6-14-15(9-21-17(14)20-8-10)11(2)7-16(18)13-4-5-19-12(13)3/h4-9,19H,2,18H2,1,3H3,(H,20,21)/b16-7+. The summed E-state index contributed by atoms with van der Waals surface area (Å²) in [5.41, 5.74) is 12.8. The Kier molecular flexibility index (Phi) is 3.14. The first-order valence-corrected chi connectivity index (χ1v) is 6.81. The second-order valence-corrected chi connectivity index (χ2v) is 5.25. The number of hydrogen-bond donors (Lipinski definition) is 3.